The van der Waals surface area contributed by atoms with Gasteiger partial charge in [-0.05, 0) is 62.9 Å². The third kappa shape index (κ3) is 7.68. The molecule has 9 nitrogen and oxygen atoms in total. The molecule has 2 aromatic carbocycles. The Morgan fingerprint density at radius 1 is 1.07 bits per heavy atom. The summed E-state index contributed by atoms with van der Waals surface area (Å²) in [6.07, 6.45) is 0.254. The molecule has 4 rings (SSSR count). The molecule has 42 heavy (non-hydrogen) atoms. The zero-order valence-corrected chi connectivity index (χ0v) is 25.2. The SMILES string of the molecule is Cc1ccccc1CNC(=O)C1N(C(=O)C(O)C(Cc2ccccc2)NC(=O)COc2cccnc2C)CSC1(C)C. The molecule has 1 aliphatic heterocycles. The molecule has 1 fully saturated rings. The van der Waals surface area contributed by atoms with E-state index in [4.69, 9.17) is 4.74 Å². The first-order valence-electron chi connectivity index (χ1n) is 13.9. The van der Waals surface area contributed by atoms with Gasteiger partial charge in [0.05, 0.1) is 17.6 Å². The van der Waals surface area contributed by atoms with Crippen molar-refractivity contribution in [2.75, 3.05) is 12.5 Å². The van der Waals surface area contributed by atoms with Crippen LogP contribution in [-0.2, 0) is 27.3 Å². The number of aliphatic hydroxyl groups is 1. The number of carbonyl (C=O) groups excluding carboxylic acids is 3. The summed E-state index contributed by atoms with van der Waals surface area (Å²) in [5.74, 6) is -0.692. The molecule has 0 radical (unpaired) electrons. The smallest absolute Gasteiger partial charge is 0.258 e. The molecule has 3 N–H and O–H groups in total. The number of nitrogens with one attached hydrogen (secondary N) is 2. The minimum Gasteiger partial charge on any atom is -0.482 e. The monoisotopic (exact) mass is 590 g/mol. The second kappa shape index (κ2) is 13.8. The van der Waals surface area contributed by atoms with Crippen LogP contribution in [0.3, 0.4) is 0 Å². The number of amides is 3. The fourth-order valence-electron chi connectivity index (χ4n) is 4.97. The fourth-order valence-corrected chi connectivity index (χ4v) is 6.11. The van der Waals surface area contributed by atoms with Crippen molar-refractivity contribution in [2.45, 2.75) is 63.6 Å². The molecular formula is C32H38N4O5S. The average Bonchev–Trinajstić information content (AvgIpc) is 3.30. The van der Waals surface area contributed by atoms with Crippen LogP contribution in [0.2, 0.25) is 0 Å². The molecule has 1 aromatic heterocycles. The lowest BCUT2D eigenvalue weighted by molar-refractivity contribution is -0.148. The van der Waals surface area contributed by atoms with Crippen molar-refractivity contribution in [1.82, 2.24) is 20.5 Å². The highest BCUT2D eigenvalue weighted by Crippen LogP contribution is 2.40. The fraction of sp³-hybridized carbons (Fsp3) is 0.375. The number of aliphatic hydroxyl groups excluding tert-OH is 1. The van der Waals surface area contributed by atoms with Crippen molar-refractivity contribution >= 4 is 29.5 Å². The van der Waals surface area contributed by atoms with Crippen LogP contribution >= 0.6 is 11.8 Å². The Hall–Kier alpha value is -3.89. The minimum atomic E-state index is -1.59. The number of rotatable bonds is 11. The van der Waals surface area contributed by atoms with Gasteiger partial charge in [0.15, 0.2) is 12.7 Å². The van der Waals surface area contributed by atoms with Gasteiger partial charge in [0, 0.05) is 17.5 Å². The topological polar surface area (TPSA) is 121 Å². The first-order valence-corrected chi connectivity index (χ1v) is 14.9. The molecule has 3 unspecified atom stereocenters. The highest BCUT2D eigenvalue weighted by Gasteiger charge is 2.49. The van der Waals surface area contributed by atoms with Crippen molar-refractivity contribution in [3.63, 3.8) is 0 Å². The molecule has 222 valence electrons. The van der Waals surface area contributed by atoms with Gasteiger partial charge < -0.3 is 25.4 Å². The van der Waals surface area contributed by atoms with Crippen molar-refractivity contribution in [1.29, 1.82) is 0 Å². The highest BCUT2D eigenvalue weighted by molar-refractivity contribution is 8.00. The number of benzene rings is 2. The number of hydrogen-bond acceptors (Lipinski definition) is 7. The predicted octanol–water partition coefficient (Wildman–Crippen LogP) is 3.16. The van der Waals surface area contributed by atoms with Crippen LogP contribution in [-0.4, -0.2) is 68.1 Å². The maximum Gasteiger partial charge on any atom is 0.258 e. The van der Waals surface area contributed by atoms with Crippen molar-refractivity contribution in [3.8, 4) is 5.75 Å². The molecule has 3 atom stereocenters. The van der Waals surface area contributed by atoms with Crippen LogP contribution in [0.1, 0.15) is 36.2 Å². The van der Waals surface area contributed by atoms with Crippen LogP contribution in [0, 0.1) is 13.8 Å². The van der Waals surface area contributed by atoms with E-state index in [1.54, 1.807) is 25.3 Å². The number of aromatic nitrogens is 1. The van der Waals surface area contributed by atoms with Crippen molar-refractivity contribution in [2.24, 2.45) is 0 Å². The molecule has 0 spiro atoms. The lowest BCUT2D eigenvalue weighted by Crippen LogP contribution is -2.59. The Morgan fingerprint density at radius 3 is 2.50 bits per heavy atom. The van der Waals surface area contributed by atoms with Crippen LogP contribution in [0.4, 0.5) is 0 Å². The normalized spacial score (nSPS) is 17.3. The average molecular weight is 591 g/mol. The number of ether oxygens (including phenoxy) is 1. The molecular weight excluding hydrogens is 552 g/mol. The summed E-state index contributed by atoms with van der Waals surface area (Å²) in [4.78, 5) is 45.8. The molecule has 2 heterocycles. The van der Waals surface area contributed by atoms with Gasteiger partial charge in [0.2, 0.25) is 5.91 Å². The summed E-state index contributed by atoms with van der Waals surface area (Å²) in [5.41, 5.74) is 3.52. The van der Waals surface area contributed by atoms with Crippen LogP contribution < -0.4 is 15.4 Å². The maximum atomic E-state index is 13.8. The summed E-state index contributed by atoms with van der Waals surface area (Å²) in [5, 5.41) is 17.2. The lowest BCUT2D eigenvalue weighted by Gasteiger charge is -2.33. The second-order valence-corrected chi connectivity index (χ2v) is 12.5. The largest absolute Gasteiger partial charge is 0.482 e. The third-order valence-electron chi connectivity index (χ3n) is 7.39. The maximum absolute atomic E-state index is 13.8. The van der Waals surface area contributed by atoms with Gasteiger partial charge in [-0.2, -0.15) is 0 Å². The quantitative estimate of drug-likeness (QED) is 0.314. The Balaban J connectivity index is 1.48. The van der Waals surface area contributed by atoms with Gasteiger partial charge >= 0.3 is 0 Å². The standard InChI is InChI=1S/C32H38N4O5S/c1-21-11-8-9-14-24(21)18-34-30(39)29-32(3,4)42-20-36(29)31(40)28(38)25(17-23-12-6-5-7-13-23)35-27(37)19-41-26-15-10-16-33-22(26)2/h5-16,25,28-29,38H,17-20H2,1-4H3,(H,34,39)(H,35,37). The van der Waals surface area contributed by atoms with Gasteiger partial charge in [0.25, 0.3) is 11.8 Å². The molecule has 0 saturated carbocycles. The zero-order chi connectivity index (χ0) is 30.3. The van der Waals surface area contributed by atoms with E-state index in [0.717, 1.165) is 16.7 Å². The molecule has 1 aliphatic rings. The van der Waals surface area contributed by atoms with E-state index in [1.807, 2.05) is 75.4 Å². The Labute approximate surface area is 251 Å². The van der Waals surface area contributed by atoms with E-state index in [1.165, 1.54) is 16.7 Å². The van der Waals surface area contributed by atoms with E-state index in [-0.39, 0.29) is 24.8 Å². The lowest BCUT2D eigenvalue weighted by atomic mass is 9.97. The summed E-state index contributed by atoms with van der Waals surface area (Å²) >= 11 is 1.47. The second-order valence-electron chi connectivity index (χ2n) is 10.9. The van der Waals surface area contributed by atoms with Crippen LogP contribution in [0.5, 0.6) is 5.75 Å². The zero-order valence-electron chi connectivity index (χ0n) is 24.4. The Bertz CT molecular complexity index is 1400. The molecule has 0 bridgehead atoms. The molecule has 3 aromatic rings. The first-order chi connectivity index (χ1) is 20.1. The van der Waals surface area contributed by atoms with Gasteiger partial charge in [-0.3, -0.25) is 19.4 Å². The number of hydrogen-bond donors (Lipinski definition) is 3. The Morgan fingerprint density at radius 2 is 1.79 bits per heavy atom. The number of nitrogens with zero attached hydrogens (tertiary/aromatic N) is 2. The molecule has 3 amide bonds. The van der Waals surface area contributed by atoms with Gasteiger partial charge in [-0.1, -0.05) is 54.6 Å². The summed E-state index contributed by atoms with van der Waals surface area (Å²) in [7, 11) is 0. The predicted molar refractivity (Wildman–Crippen MR) is 163 cm³/mol. The summed E-state index contributed by atoms with van der Waals surface area (Å²) in [6.45, 7) is 7.60. The highest BCUT2D eigenvalue weighted by atomic mass is 32.2. The van der Waals surface area contributed by atoms with Crippen molar-refractivity contribution in [3.05, 3.63) is 95.3 Å². The van der Waals surface area contributed by atoms with E-state index in [2.05, 4.69) is 15.6 Å². The van der Waals surface area contributed by atoms with E-state index in [0.29, 0.717) is 18.0 Å². The van der Waals surface area contributed by atoms with E-state index in [9.17, 15) is 19.5 Å². The van der Waals surface area contributed by atoms with Crippen LogP contribution in [0.15, 0.2) is 72.9 Å². The summed E-state index contributed by atoms with van der Waals surface area (Å²) in [6, 6.07) is 18.8. The number of aryl methyl sites for hydroxylation is 2. The summed E-state index contributed by atoms with van der Waals surface area (Å²) < 4.78 is 5.04. The van der Waals surface area contributed by atoms with Gasteiger partial charge in [0.1, 0.15) is 11.8 Å². The van der Waals surface area contributed by atoms with E-state index >= 15 is 0 Å². The number of carbonyl (C=O) groups is 3. The first kappa shape index (κ1) is 31.1. The minimum absolute atomic E-state index is 0.208. The molecule has 10 heteroatoms. The van der Waals surface area contributed by atoms with Gasteiger partial charge in [-0.25, -0.2) is 0 Å². The number of thioether (sulfide) groups is 1. The third-order valence-corrected chi connectivity index (χ3v) is 8.76. The van der Waals surface area contributed by atoms with Gasteiger partial charge in [-0.15, -0.1) is 11.8 Å². The van der Waals surface area contributed by atoms with E-state index < -0.39 is 34.7 Å². The Kier molecular flexibility index (Phi) is 10.2. The van der Waals surface area contributed by atoms with Crippen LogP contribution in [0.25, 0.3) is 0 Å². The van der Waals surface area contributed by atoms with Crippen molar-refractivity contribution < 1.29 is 24.2 Å². The number of pyridine rings is 1. The molecule has 1 saturated heterocycles. The molecule has 0 aliphatic carbocycles.